The zero-order valence-electron chi connectivity index (χ0n) is 16.1. The molecule has 2 N–H and O–H groups in total. The number of aromatic nitrogens is 1. The summed E-state index contributed by atoms with van der Waals surface area (Å²) < 4.78 is 6.50. The third kappa shape index (κ3) is 2.04. The van der Waals surface area contributed by atoms with Gasteiger partial charge in [0, 0.05) is 16.3 Å². The maximum atomic E-state index is 6.50. The molecule has 0 bridgehead atoms. The van der Waals surface area contributed by atoms with Gasteiger partial charge in [0.05, 0.1) is 22.1 Å². The van der Waals surface area contributed by atoms with E-state index in [4.69, 9.17) is 4.74 Å². The summed E-state index contributed by atoms with van der Waals surface area (Å²) in [7, 11) is 0. The molecule has 5 aromatic carbocycles. The minimum atomic E-state index is -0.177. The summed E-state index contributed by atoms with van der Waals surface area (Å²) in [6.07, 6.45) is -0.177. The van der Waals surface area contributed by atoms with Crippen molar-refractivity contribution in [3.05, 3.63) is 96.6 Å². The fourth-order valence-corrected chi connectivity index (χ4v) is 4.90. The van der Waals surface area contributed by atoms with Crippen LogP contribution in [0.2, 0.25) is 0 Å². The summed E-state index contributed by atoms with van der Waals surface area (Å²) in [5.41, 5.74) is 4.42. The highest BCUT2D eigenvalue weighted by Crippen LogP contribution is 2.48. The number of hydrogen-bond donors (Lipinski definition) is 2. The van der Waals surface area contributed by atoms with Gasteiger partial charge in [-0.3, -0.25) is 0 Å². The number of H-pyrrole nitrogens is 1. The Labute approximate surface area is 172 Å². The van der Waals surface area contributed by atoms with Crippen LogP contribution in [0.4, 0.5) is 5.69 Å². The second kappa shape index (κ2) is 5.77. The van der Waals surface area contributed by atoms with Crippen molar-refractivity contribution in [2.24, 2.45) is 0 Å². The first-order valence-electron chi connectivity index (χ1n) is 10.2. The molecule has 0 saturated carbocycles. The summed E-state index contributed by atoms with van der Waals surface area (Å²) >= 11 is 0. The second-order valence-electron chi connectivity index (χ2n) is 7.88. The van der Waals surface area contributed by atoms with Gasteiger partial charge in [-0.15, -0.1) is 0 Å². The Morgan fingerprint density at radius 1 is 0.600 bits per heavy atom. The highest BCUT2D eigenvalue weighted by atomic mass is 16.5. The molecule has 2 heterocycles. The Bertz CT molecular complexity index is 1600. The molecule has 3 nitrogen and oxygen atoms in total. The summed E-state index contributed by atoms with van der Waals surface area (Å²) in [6.45, 7) is 0. The van der Waals surface area contributed by atoms with Gasteiger partial charge in [0.25, 0.3) is 0 Å². The van der Waals surface area contributed by atoms with Crippen molar-refractivity contribution in [1.82, 2.24) is 4.98 Å². The Kier molecular flexibility index (Phi) is 3.06. The molecule has 0 aliphatic carbocycles. The lowest BCUT2D eigenvalue weighted by atomic mass is 9.96. The lowest BCUT2D eigenvalue weighted by molar-refractivity contribution is 0.263. The molecule has 6 aromatic rings. The third-order valence-corrected chi connectivity index (χ3v) is 6.22. The van der Waals surface area contributed by atoms with E-state index in [1.165, 1.54) is 32.4 Å². The summed E-state index contributed by atoms with van der Waals surface area (Å²) in [4.78, 5) is 3.69. The molecule has 1 unspecified atom stereocenters. The monoisotopic (exact) mass is 386 g/mol. The normalized spacial score (nSPS) is 15.5. The maximum Gasteiger partial charge on any atom is 0.196 e. The minimum absolute atomic E-state index is 0.177. The molecule has 0 amide bonds. The first kappa shape index (κ1) is 15.9. The van der Waals surface area contributed by atoms with Crippen LogP contribution in [0.5, 0.6) is 5.75 Å². The van der Waals surface area contributed by atoms with E-state index in [9.17, 15) is 0 Å². The van der Waals surface area contributed by atoms with E-state index in [0.29, 0.717) is 0 Å². The van der Waals surface area contributed by atoms with Crippen LogP contribution in [0.1, 0.15) is 11.8 Å². The topological polar surface area (TPSA) is 37.0 Å². The van der Waals surface area contributed by atoms with Crippen molar-refractivity contribution >= 4 is 49.0 Å². The molecule has 1 atom stereocenters. The number of benzene rings is 5. The third-order valence-electron chi connectivity index (χ3n) is 6.22. The zero-order chi connectivity index (χ0) is 19.7. The molecular weight excluding hydrogens is 368 g/mol. The number of anilines is 1. The molecule has 7 rings (SSSR count). The SMILES string of the molecule is c1ccc(C2Nc3ccc4[nH]c5c6ccccc6c6ccccc6c5c4c3O2)cc1. The standard InChI is InChI=1S/C27H18N2O/c1-2-8-16(9-3-1)27-29-22-15-14-21-24(26(22)30-27)23-19-12-6-4-10-17(19)18-11-5-7-13-20(18)25(23)28-21/h1-15,27-29H. The molecule has 0 saturated heterocycles. The van der Waals surface area contributed by atoms with Gasteiger partial charge in [-0.25, -0.2) is 0 Å². The maximum absolute atomic E-state index is 6.50. The van der Waals surface area contributed by atoms with E-state index < -0.39 is 0 Å². The van der Waals surface area contributed by atoms with Gasteiger partial charge < -0.3 is 15.0 Å². The van der Waals surface area contributed by atoms with Crippen molar-refractivity contribution in [3.63, 3.8) is 0 Å². The number of ether oxygens (including phenoxy) is 1. The van der Waals surface area contributed by atoms with E-state index in [1.54, 1.807) is 0 Å². The van der Waals surface area contributed by atoms with Crippen LogP contribution >= 0.6 is 0 Å². The molecule has 1 aliphatic rings. The van der Waals surface area contributed by atoms with E-state index in [0.717, 1.165) is 27.9 Å². The summed E-state index contributed by atoms with van der Waals surface area (Å²) in [5.74, 6) is 0.924. The van der Waals surface area contributed by atoms with Gasteiger partial charge in [0.1, 0.15) is 0 Å². The van der Waals surface area contributed by atoms with Crippen LogP contribution in [0.25, 0.3) is 43.4 Å². The molecule has 3 heteroatoms. The summed E-state index contributed by atoms with van der Waals surface area (Å²) in [5, 5.41) is 10.9. The van der Waals surface area contributed by atoms with Crippen molar-refractivity contribution in [1.29, 1.82) is 0 Å². The number of rotatable bonds is 1. The largest absolute Gasteiger partial charge is 0.464 e. The second-order valence-corrected chi connectivity index (χ2v) is 7.88. The van der Waals surface area contributed by atoms with Crippen LogP contribution < -0.4 is 10.1 Å². The van der Waals surface area contributed by atoms with Crippen molar-refractivity contribution < 1.29 is 4.74 Å². The van der Waals surface area contributed by atoms with Crippen LogP contribution in [0, 0.1) is 0 Å². The highest BCUT2D eigenvalue weighted by Gasteiger charge is 2.27. The zero-order valence-corrected chi connectivity index (χ0v) is 16.1. The highest BCUT2D eigenvalue weighted by molar-refractivity contribution is 6.32. The fraction of sp³-hybridized carbons (Fsp3) is 0.0370. The Balaban J connectivity index is 1.60. The molecule has 0 fully saturated rings. The first-order valence-corrected chi connectivity index (χ1v) is 10.2. The fourth-order valence-electron chi connectivity index (χ4n) is 4.90. The Hall–Kier alpha value is -3.98. The molecular formula is C27H18N2O. The quantitative estimate of drug-likeness (QED) is 0.295. The Morgan fingerprint density at radius 2 is 1.27 bits per heavy atom. The van der Waals surface area contributed by atoms with E-state index in [-0.39, 0.29) is 6.23 Å². The number of aromatic amines is 1. The average molecular weight is 386 g/mol. The number of fused-ring (bicyclic) bond motifs is 10. The van der Waals surface area contributed by atoms with E-state index in [2.05, 4.69) is 83.1 Å². The number of hydrogen-bond acceptors (Lipinski definition) is 2. The van der Waals surface area contributed by atoms with Gasteiger partial charge in [-0.05, 0) is 28.3 Å². The van der Waals surface area contributed by atoms with E-state index in [1.807, 2.05) is 18.2 Å². The first-order chi connectivity index (χ1) is 14.9. The van der Waals surface area contributed by atoms with Crippen molar-refractivity contribution in [2.45, 2.75) is 6.23 Å². The van der Waals surface area contributed by atoms with Crippen molar-refractivity contribution in [2.75, 3.05) is 5.32 Å². The van der Waals surface area contributed by atoms with Gasteiger partial charge in [0.2, 0.25) is 0 Å². The molecule has 30 heavy (non-hydrogen) atoms. The van der Waals surface area contributed by atoms with Crippen LogP contribution in [0.15, 0.2) is 91.0 Å². The van der Waals surface area contributed by atoms with Crippen LogP contribution in [-0.2, 0) is 0 Å². The van der Waals surface area contributed by atoms with Crippen LogP contribution in [0.3, 0.4) is 0 Å². The van der Waals surface area contributed by atoms with Gasteiger partial charge >= 0.3 is 0 Å². The molecule has 142 valence electrons. The van der Waals surface area contributed by atoms with E-state index >= 15 is 0 Å². The number of nitrogens with one attached hydrogen (secondary N) is 2. The predicted octanol–water partition coefficient (Wildman–Crippen LogP) is 7.13. The molecule has 1 aromatic heterocycles. The summed E-state index contributed by atoms with van der Waals surface area (Å²) in [6, 6.07) is 31.9. The Morgan fingerprint density at radius 3 is 2.07 bits per heavy atom. The average Bonchev–Trinajstić information content (AvgIpc) is 3.42. The lowest BCUT2D eigenvalue weighted by Crippen LogP contribution is -2.09. The van der Waals surface area contributed by atoms with Crippen LogP contribution in [-0.4, -0.2) is 4.98 Å². The minimum Gasteiger partial charge on any atom is -0.464 e. The van der Waals surface area contributed by atoms with Crippen molar-refractivity contribution in [3.8, 4) is 5.75 Å². The van der Waals surface area contributed by atoms with Gasteiger partial charge in [0.15, 0.2) is 12.0 Å². The lowest BCUT2D eigenvalue weighted by Gasteiger charge is -2.11. The smallest absolute Gasteiger partial charge is 0.196 e. The molecule has 0 spiro atoms. The molecule has 0 radical (unpaired) electrons. The molecule has 1 aliphatic heterocycles. The van der Waals surface area contributed by atoms with Gasteiger partial charge in [-0.2, -0.15) is 0 Å². The van der Waals surface area contributed by atoms with Gasteiger partial charge in [-0.1, -0.05) is 78.9 Å². The predicted molar refractivity (Wildman–Crippen MR) is 124 cm³/mol.